The molecule has 1 atom stereocenters. The molecule has 0 aliphatic carbocycles. The zero-order chi connectivity index (χ0) is 15.9. The first kappa shape index (κ1) is 18.4. The van der Waals surface area contributed by atoms with E-state index in [4.69, 9.17) is 4.74 Å². The van der Waals surface area contributed by atoms with Crippen molar-refractivity contribution in [3.8, 4) is 0 Å². The number of nitrogens with one attached hydrogen (secondary N) is 1. The Morgan fingerprint density at radius 3 is 2.48 bits per heavy atom. The number of ether oxygens (including phenoxy) is 1. The predicted molar refractivity (Wildman–Crippen MR) is 87.3 cm³/mol. The topological polar surface area (TPSA) is 41.6 Å². The molecule has 1 saturated heterocycles. The third kappa shape index (κ3) is 5.59. The van der Waals surface area contributed by atoms with Crippen LogP contribution in [-0.2, 0) is 9.53 Å². The maximum atomic E-state index is 11.9. The number of likely N-dealkylation sites (N-methyl/N-ethyl adjacent to an activating group) is 1. The van der Waals surface area contributed by atoms with E-state index in [1.165, 1.54) is 33.0 Å². The molecule has 1 aliphatic rings. The summed E-state index contributed by atoms with van der Waals surface area (Å²) in [6.45, 7) is 12.9. The maximum Gasteiger partial charge on any atom is 0.325 e. The molecule has 1 N–H and O–H groups in total. The molecule has 0 saturated carbocycles. The minimum absolute atomic E-state index is 0.150. The van der Waals surface area contributed by atoms with E-state index in [9.17, 15) is 4.79 Å². The molecule has 1 unspecified atom stereocenters. The highest BCUT2D eigenvalue weighted by Crippen LogP contribution is 2.25. The van der Waals surface area contributed by atoms with Gasteiger partial charge in [-0.1, -0.05) is 20.8 Å². The Morgan fingerprint density at radius 1 is 1.38 bits per heavy atom. The number of methoxy groups -OCH3 is 1. The van der Waals surface area contributed by atoms with Crippen LogP contribution < -0.4 is 5.32 Å². The average Bonchev–Trinajstić information content (AvgIpc) is 2.47. The lowest BCUT2D eigenvalue weighted by molar-refractivity contribution is -0.148. The Morgan fingerprint density at radius 2 is 2.00 bits per heavy atom. The predicted octanol–water partition coefficient (Wildman–Crippen LogP) is 2.68. The Hall–Kier alpha value is -0.610. The summed E-state index contributed by atoms with van der Waals surface area (Å²) in [5, 5.41) is 3.28. The third-order valence-electron chi connectivity index (χ3n) is 4.93. The number of hydrogen-bond donors (Lipinski definition) is 1. The van der Waals surface area contributed by atoms with Crippen LogP contribution in [0.4, 0.5) is 0 Å². The molecule has 0 aromatic rings. The summed E-state index contributed by atoms with van der Waals surface area (Å²) < 4.78 is 4.94. The van der Waals surface area contributed by atoms with Gasteiger partial charge in [0.1, 0.15) is 5.54 Å². The Balaban J connectivity index is 2.33. The van der Waals surface area contributed by atoms with E-state index in [1.54, 1.807) is 0 Å². The Kier molecular flexibility index (Phi) is 7.67. The monoisotopic (exact) mass is 298 g/mol. The summed E-state index contributed by atoms with van der Waals surface area (Å²) in [4.78, 5) is 14.5. The molecule has 0 radical (unpaired) electrons. The second-order valence-corrected chi connectivity index (χ2v) is 6.88. The molecule has 0 aromatic heterocycles. The van der Waals surface area contributed by atoms with Crippen LogP contribution in [0.5, 0.6) is 0 Å². The molecule has 4 heteroatoms. The van der Waals surface area contributed by atoms with Gasteiger partial charge in [-0.25, -0.2) is 0 Å². The van der Waals surface area contributed by atoms with Gasteiger partial charge in [0, 0.05) is 0 Å². The van der Waals surface area contributed by atoms with Crippen molar-refractivity contribution in [2.75, 3.05) is 33.3 Å². The van der Waals surface area contributed by atoms with E-state index in [2.05, 4.69) is 24.1 Å². The molecule has 0 aromatic carbocycles. The number of likely N-dealkylation sites (tertiary alicyclic amines) is 1. The number of nitrogens with zero attached hydrogens (tertiary/aromatic N) is 1. The highest BCUT2D eigenvalue weighted by Gasteiger charge is 2.33. The van der Waals surface area contributed by atoms with Crippen LogP contribution in [-0.4, -0.2) is 49.7 Å². The SMILES string of the molecule is CCNC(C)(CCCN1CCC(C(C)C)CC1)C(=O)OC. The quantitative estimate of drug-likeness (QED) is 0.700. The molecule has 1 rings (SSSR count). The summed E-state index contributed by atoms with van der Waals surface area (Å²) >= 11 is 0. The molecular formula is C17H34N2O2. The van der Waals surface area contributed by atoms with Crippen molar-refractivity contribution in [1.82, 2.24) is 10.2 Å². The van der Waals surface area contributed by atoms with Gasteiger partial charge in [0.2, 0.25) is 0 Å². The van der Waals surface area contributed by atoms with Crippen LogP contribution >= 0.6 is 0 Å². The number of carbonyl (C=O) groups excluding carboxylic acids is 1. The van der Waals surface area contributed by atoms with Gasteiger partial charge in [0.25, 0.3) is 0 Å². The van der Waals surface area contributed by atoms with Crippen molar-refractivity contribution in [2.24, 2.45) is 11.8 Å². The first-order valence-electron chi connectivity index (χ1n) is 8.48. The molecule has 21 heavy (non-hydrogen) atoms. The van der Waals surface area contributed by atoms with E-state index in [-0.39, 0.29) is 5.97 Å². The highest BCUT2D eigenvalue weighted by atomic mass is 16.5. The van der Waals surface area contributed by atoms with Gasteiger partial charge in [0.05, 0.1) is 7.11 Å². The minimum Gasteiger partial charge on any atom is -0.468 e. The fraction of sp³-hybridized carbons (Fsp3) is 0.941. The van der Waals surface area contributed by atoms with E-state index in [0.717, 1.165) is 37.8 Å². The molecule has 0 spiro atoms. The number of rotatable bonds is 8. The second kappa shape index (κ2) is 8.74. The van der Waals surface area contributed by atoms with Crippen LogP contribution in [0.2, 0.25) is 0 Å². The first-order chi connectivity index (χ1) is 9.92. The van der Waals surface area contributed by atoms with Crippen molar-refractivity contribution in [3.63, 3.8) is 0 Å². The average molecular weight is 298 g/mol. The zero-order valence-corrected chi connectivity index (χ0v) is 14.6. The minimum atomic E-state index is -0.542. The Bertz CT molecular complexity index is 312. The highest BCUT2D eigenvalue weighted by molar-refractivity contribution is 5.80. The molecule has 124 valence electrons. The normalized spacial score (nSPS) is 20.5. The molecule has 0 amide bonds. The standard InChI is InChI=1S/C17H34N2O2/c1-6-18-17(4,16(20)21-5)10-7-11-19-12-8-15(9-13-19)14(2)3/h14-15,18H,6-13H2,1-5H3. The summed E-state index contributed by atoms with van der Waals surface area (Å²) in [6.07, 6.45) is 4.50. The molecule has 0 bridgehead atoms. The number of piperidine rings is 1. The summed E-state index contributed by atoms with van der Waals surface area (Å²) in [6, 6.07) is 0. The van der Waals surface area contributed by atoms with Gasteiger partial charge in [-0.2, -0.15) is 0 Å². The largest absolute Gasteiger partial charge is 0.468 e. The Labute approximate surface area is 130 Å². The van der Waals surface area contributed by atoms with Crippen molar-refractivity contribution < 1.29 is 9.53 Å². The summed E-state index contributed by atoms with van der Waals surface area (Å²) in [7, 11) is 1.47. The van der Waals surface area contributed by atoms with Gasteiger partial charge in [-0.15, -0.1) is 0 Å². The van der Waals surface area contributed by atoms with Crippen molar-refractivity contribution >= 4 is 5.97 Å². The summed E-state index contributed by atoms with van der Waals surface area (Å²) in [5.41, 5.74) is -0.542. The van der Waals surface area contributed by atoms with Crippen LogP contribution in [0.3, 0.4) is 0 Å². The fourth-order valence-corrected chi connectivity index (χ4v) is 3.38. The molecular weight excluding hydrogens is 264 g/mol. The molecule has 4 nitrogen and oxygen atoms in total. The smallest absolute Gasteiger partial charge is 0.325 e. The first-order valence-corrected chi connectivity index (χ1v) is 8.48. The van der Waals surface area contributed by atoms with Crippen LogP contribution in [0, 0.1) is 11.8 Å². The number of carbonyl (C=O) groups is 1. The van der Waals surface area contributed by atoms with Crippen LogP contribution in [0.25, 0.3) is 0 Å². The lowest BCUT2D eigenvalue weighted by Gasteiger charge is -2.34. The number of esters is 1. The fourth-order valence-electron chi connectivity index (χ4n) is 3.38. The maximum absolute atomic E-state index is 11.9. The summed E-state index contributed by atoms with van der Waals surface area (Å²) in [5.74, 6) is 1.55. The van der Waals surface area contributed by atoms with E-state index in [0.29, 0.717) is 0 Å². The van der Waals surface area contributed by atoms with Crippen molar-refractivity contribution in [3.05, 3.63) is 0 Å². The number of hydrogen-bond acceptors (Lipinski definition) is 4. The zero-order valence-electron chi connectivity index (χ0n) is 14.6. The molecule has 1 aliphatic heterocycles. The van der Waals surface area contributed by atoms with E-state index >= 15 is 0 Å². The van der Waals surface area contributed by atoms with Gasteiger partial charge < -0.3 is 15.0 Å². The van der Waals surface area contributed by atoms with Gasteiger partial charge in [-0.3, -0.25) is 4.79 Å². The van der Waals surface area contributed by atoms with Crippen molar-refractivity contribution in [2.45, 2.75) is 58.9 Å². The van der Waals surface area contributed by atoms with E-state index < -0.39 is 5.54 Å². The van der Waals surface area contributed by atoms with Gasteiger partial charge >= 0.3 is 5.97 Å². The molecule has 1 heterocycles. The third-order valence-corrected chi connectivity index (χ3v) is 4.93. The molecule has 1 fully saturated rings. The lowest BCUT2D eigenvalue weighted by Crippen LogP contribution is -2.50. The van der Waals surface area contributed by atoms with E-state index in [1.807, 2.05) is 13.8 Å². The lowest BCUT2D eigenvalue weighted by atomic mass is 9.86. The second-order valence-electron chi connectivity index (χ2n) is 6.88. The van der Waals surface area contributed by atoms with Crippen molar-refractivity contribution in [1.29, 1.82) is 0 Å². The van der Waals surface area contributed by atoms with Gasteiger partial charge in [0.15, 0.2) is 0 Å². The van der Waals surface area contributed by atoms with Crippen LogP contribution in [0.15, 0.2) is 0 Å². The van der Waals surface area contributed by atoms with Crippen LogP contribution in [0.1, 0.15) is 53.4 Å². The van der Waals surface area contributed by atoms with Gasteiger partial charge in [-0.05, 0) is 70.6 Å².